The largest absolute Gasteiger partial charge is 0.0627 e. The SMILES string of the molecule is CC(C)CC1(C)CC(C)c2ccccc21. The molecular formula is C15H22. The summed E-state index contributed by atoms with van der Waals surface area (Å²) in [5.74, 6) is 1.53. The van der Waals surface area contributed by atoms with Crippen LogP contribution in [0, 0.1) is 5.92 Å². The molecule has 0 heteroatoms. The molecule has 0 saturated carbocycles. The second-order valence-corrected chi connectivity index (χ2v) is 5.85. The molecule has 0 amide bonds. The highest BCUT2D eigenvalue weighted by molar-refractivity contribution is 5.41. The third-order valence-corrected chi connectivity index (χ3v) is 3.76. The first-order valence-electron chi connectivity index (χ1n) is 6.12. The Labute approximate surface area is 93.7 Å². The highest BCUT2D eigenvalue weighted by Gasteiger charge is 2.38. The van der Waals surface area contributed by atoms with E-state index >= 15 is 0 Å². The van der Waals surface area contributed by atoms with Gasteiger partial charge in [-0.15, -0.1) is 0 Å². The molecule has 0 bridgehead atoms. The molecule has 1 aromatic rings. The van der Waals surface area contributed by atoms with Crippen molar-refractivity contribution in [3.8, 4) is 0 Å². The van der Waals surface area contributed by atoms with E-state index in [4.69, 9.17) is 0 Å². The molecule has 2 rings (SSSR count). The molecule has 1 aromatic carbocycles. The Kier molecular flexibility index (Phi) is 2.62. The van der Waals surface area contributed by atoms with E-state index in [9.17, 15) is 0 Å². The second-order valence-electron chi connectivity index (χ2n) is 5.85. The third kappa shape index (κ3) is 1.82. The summed E-state index contributed by atoms with van der Waals surface area (Å²) in [7, 11) is 0. The Balaban J connectivity index is 2.39. The predicted molar refractivity (Wildman–Crippen MR) is 66.3 cm³/mol. The molecule has 82 valence electrons. The summed E-state index contributed by atoms with van der Waals surface area (Å²) in [6.07, 6.45) is 2.64. The lowest BCUT2D eigenvalue weighted by molar-refractivity contribution is 0.354. The maximum absolute atomic E-state index is 2.44. The van der Waals surface area contributed by atoms with Gasteiger partial charge in [0.05, 0.1) is 0 Å². The zero-order valence-electron chi connectivity index (χ0n) is 10.4. The van der Waals surface area contributed by atoms with Crippen LogP contribution in [-0.4, -0.2) is 0 Å². The van der Waals surface area contributed by atoms with Crippen molar-refractivity contribution in [2.24, 2.45) is 5.92 Å². The van der Waals surface area contributed by atoms with E-state index in [1.165, 1.54) is 12.8 Å². The summed E-state index contributed by atoms with van der Waals surface area (Å²) in [6, 6.07) is 9.01. The van der Waals surface area contributed by atoms with Gasteiger partial charge in [0.1, 0.15) is 0 Å². The van der Waals surface area contributed by atoms with Crippen molar-refractivity contribution >= 4 is 0 Å². The Morgan fingerprint density at radius 2 is 2.00 bits per heavy atom. The van der Waals surface area contributed by atoms with Gasteiger partial charge in [0.15, 0.2) is 0 Å². The van der Waals surface area contributed by atoms with Gasteiger partial charge >= 0.3 is 0 Å². The predicted octanol–water partition coefficient (Wildman–Crippen LogP) is 4.50. The van der Waals surface area contributed by atoms with Crippen LogP contribution in [0.3, 0.4) is 0 Å². The van der Waals surface area contributed by atoms with Gasteiger partial charge in [0, 0.05) is 0 Å². The van der Waals surface area contributed by atoms with Crippen LogP contribution in [0.5, 0.6) is 0 Å². The van der Waals surface area contributed by atoms with Crippen molar-refractivity contribution < 1.29 is 0 Å². The average molecular weight is 202 g/mol. The Hall–Kier alpha value is -0.780. The van der Waals surface area contributed by atoms with Crippen molar-refractivity contribution in [3.63, 3.8) is 0 Å². The number of hydrogen-bond donors (Lipinski definition) is 0. The molecule has 0 spiro atoms. The Morgan fingerprint density at radius 1 is 1.33 bits per heavy atom. The van der Waals surface area contributed by atoms with Crippen LogP contribution in [0.25, 0.3) is 0 Å². The minimum atomic E-state index is 0.421. The van der Waals surface area contributed by atoms with Crippen LogP contribution in [0.15, 0.2) is 24.3 Å². The fourth-order valence-corrected chi connectivity index (χ4v) is 3.47. The standard InChI is InChI=1S/C15H22/c1-11(2)9-15(4)10-12(3)13-7-5-6-8-14(13)15/h5-8,11-12H,9-10H2,1-4H3. The zero-order chi connectivity index (χ0) is 11.1. The number of hydrogen-bond acceptors (Lipinski definition) is 0. The fraction of sp³-hybridized carbons (Fsp3) is 0.600. The van der Waals surface area contributed by atoms with Crippen LogP contribution in [0.4, 0.5) is 0 Å². The maximum atomic E-state index is 2.44. The van der Waals surface area contributed by atoms with Crippen LogP contribution in [0.1, 0.15) is 57.6 Å². The second kappa shape index (κ2) is 3.66. The third-order valence-electron chi connectivity index (χ3n) is 3.76. The van der Waals surface area contributed by atoms with Crippen LogP contribution < -0.4 is 0 Å². The summed E-state index contributed by atoms with van der Waals surface area (Å²) in [5, 5.41) is 0. The molecule has 0 radical (unpaired) electrons. The highest BCUT2D eigenvalue weighted by atomic mass is 14.4. The van der Waals surface area contributed by atoms with Gasteiger partial charge in [-0.1, -0.05) is 52.0 Å². The Morgan fingerprint density at radius 3 is 2.67 bits per heavy atom. The van der Waals surface area contributed by atoms with E-state index in [1.54, 1.807) is 11.1 Å². The molecule has 0 aliphatic heterocycles. The summed E-state index contributed by atoms with van der Waals surface area (Å²) < 4.78 is 0. The summed E-state index contributed by atoms with van der Waals surface area (Å²) in [5.41, 5.74) is 3.61. The highest BCUT2D eigenvalue weighted by Crippen LogP contribution is 2.48. The lowest BCUT2D eigenvalue weighted by Crippen LogP contribution is -2.20. The average Bonchev–Trinajstić information content (AvgIpc) is 2.39. The normalized spacial score (nSPS) is 29.5. The smallest absolute Gasteiger partial charge is 0.00643 e. The number of fused-ring (bicyclic) bond motifs is 1. The summed E-state index contributed by atoms with van der Waals surface area (Å²) in [4.78, 5) is 0. The van der Waals surface area contributed by atoms with Crippen LogP contribution in [-0.2, 0) is 5.41 Å². The van der Waals surface area contributed by atoms with E-state index in [0.717, 1.165) is 11.8 Å². The molecule has 0 fully saturated rings. The molecule has 0 nitrogen and oxygen atoms in total. The molecule has 1 aliphatic rings. The molecule has 0 saturated heterocycles. The van der Waals surface area contributed by atoms with E-state index in [0.29, 0.717) is 5.41 Å². The van der Waals surface area contributed by atoms with Gasteiger partial charge in [-0.25, -0.2) is 0 Å². The van der Waals surface area contributed by atoms with Gasteiger partial charge in [-0.3, -0.25) is 0 Å². The first-order chi connectivity index (χ1) is 7.03. The minimum Gasteiger partial charge on any atom is -0.0627 e. The molecule has 1 aliphatic carbocycles. The quantitative estimate of drug-likeness (QED) is 0.662. The topological polar surface area (TPSA) is 0 Å². The number of benzene rings is 1. The van der Waals surface area contributed by atoms with E-state index in [2.05, 4.69) is 52.0 Å². The number of rotatable bonds is 2. The lowest BCUT2D eigenvalue weighted by Gasteiger charge is -2.27. The van der Waals surface area contributed by atoms with Gasteiger partial charge in [-0.05, 0) is 41.2 Å². The summed E-state index contributed by atoms with van der Waals surface area (Å²) >= 11 is 0. The fourth-order valence-electron chi connectivity index (χ4n) is 3.47. The van der Waals surface area contributed by atoms with Gasteiger partial charge in [0.25, 0.3) is 0 Å². The van der Waals surface area contributed by atoms with Crippen molar-refractivity contribution in [1.29, 1.82) is 0 Å². The molecule has 15 heavy (non-hydrogen) atoms. The van der Waals surface area contributed by atoms with Crippen molar-refractivity contribution in [2.45, 2.75) is 51.9 Å². The van der Waals surface area contributed by atoms with Crippen LogP contribution in [0.2, 0.25) is 0 Å². The van der Waals surface area contributed by atoms with Gasteiger partial charge in [0.2, 0.25) is 0 Å². The van der Waals surface area contributed by atoms with Gasteiger partial charge < -0.3 is 0 Å². The molecule has 2 atom stereocenters. The maximum Gasteiger partial charge on any atom is -0.00643 e. The molecule has 2 unspecified atom stereocenters. The monoisotopic (exact) mass is 202 g/mol. The first-order valence-corrected chi connectivity index (χ1v) is 6.12. The summed E-state index contributed by atoms with van der Waals surface area (Å²) in [6.45, 7) is 9.47. The van der Waals surface area contributed by atoms with E-state index < -0.39 is 0 Å². The minimum absolute atomic E-state index is 0.421. The molecule has 0 N–H and O–H groups in total. The van der Waals surface area contributed by atoms with Crippen molar-refractivity contribution in [3.05, 3.63) is 35.4 Å². The molecule has 0 aromatic heterocycles. The van der Waals surface area contributed by atoms with E-state index in [-0.39, 0.29) is 0 Å². The lowest BCUT2D eigenvalue weighted by atomic mass is 9.77. The molecule has 0 heterocycles. The van der Waals surface area contributed by atoms with E-state index in [1.807, 2.05) is 0 Å². The van der Waals surface area contributed by atoms with Crippen molar-refractivity contribution in [1.82, 2.24) is 0 Å². The van der Waals surface area contributed by atoms with Gasteiger partial charge in [-0.2, -0.15) is 0 Å². The molecular weight excluding hydrogens is 180 g/mol. The first kappa shape index (κ1) is 10.7. The Bertz CT molecular complexity index is 347. The van der Waals surface area contributed by atoms with Crippen LogP contribution >= 0.6 is 0 Å². The van der Waals surface area contributed by atoms with Crippen molar-refractivity contribution in [2.75, 3.05) is 0 Å². The zero-order valence-corrected chi connectivity index (χ0v) is 10.4.